The third-order valence-corrected chi connectivity index (χ3v) is 3.79. The van der Waals surface area contributed by atoms with E-state index >= 15 is 0 Å². The first-order valence-corrected chi connectivity index (χ1v) is 7.99. The lowest BCUT2D eigenvalue weighted by Crippen LogP contribution is -2.25. The summed E-state index contributed by atoms with van der Waals surface area (Å²) in [5.74, 6) is -0.448. The fourth-order valence-corrected chi connectivity index (χ4v) is 2.40. The van der Waals surface area contributed by atoms with Gasteiger partial charge in [-0.3, -0.25) is 0 Å². The van der Waals surface area contributed by atoms with Gasteiger partial charge in [-0.1, -0.05) is 12.1 Å². The Hall–Kier alpha value is -3.07. The molecule has 3 rings (SSSR count). The summed E-state index contributed by atoms with van der Waals surface area (Å²) >= 11 is 3.44. The van der Waals surface area contributed by atoms with Gasteiger partial charge >= 0.3 is 5.97 Å². The Bertz CT molecular complexity index is 950. The number of aromatic nitrogens is 1. The van der Waals surface area contributed by atoms with E-state index in [0.29, 0.717) is 22.9 Å². The normalized spacial score (nSPS) is 10.4. The van der Waals surface area contributed by atoms with Crippen molar-refractivity contribution in [2.45, 2.75) is 0 Å². The zero-order valence-electron chi connectivity index (χ0n) is 12.9. The number of esters is 1. The highest BCUT2D eigenvalue weighted by Crippen LogP contribution is 2.28. The molecule has 9 heteroatoms. The lowest BCUT2D eigenvalue weighted by Gasteiger charge is -2.03. The highest BCUT2D eigenvalue weighted by molar-refractivity contribution is 9.10. The quantitative estimate of drug-likeness (QED) is 0.258. The molecule has 1 heterocycles. The summed E-state index contributed by atoms with van der Waals surface area (Å²) in [5.41, 5.74) is 12.3. The number of oxazole rings is 1. The molecule has 0 unspecified atom stereocenters. The standard InChI is InChI=1S/C16H14BrN5O3/c17-10-3-1-2-4-11(10)21-16-22-12-6-5-9(7-13(12)25-16)24-14(23)8-20-15(18)19/h1-7H,8H2,(H,21,22)(H4,18,19,20). The number of anilines is 2. The Kier molecular flexibility index (Phi) is 4.85. The van der Waals surface area contributed by atoms with Crippen LogP contribution in [0.4, 0.5) is 11.7 Å². The van der Waals surface area contributed by atoms with Gasteiger partial charge in [0.05, 0.1) is 5.69 Å². The summed E-state index contributed by atoms with van der Waals surface area (Å²) in [6, 6.07) is 12.8. The predicted octanol–water partition coefficient (Wildman–Crippen LogP) is 2.51. The topological polar surface area (TPSA) is 129 Å². The minimum atomic E-state index is -0.584. The number of hydrogen-bond acceptors (Lipinski definition) is 6. The number of para-hydroxylation sites is 1. The van der Waals surface area contributed by atoms with E-state index in [1.54, 1.807) is 18.2 Å². The van der Waals surface area contributed by atoms with Crippen LogP contribution in [0, 0.1) is 0 Å². The summed E-state index contributed by atoms with van der Waals surface area (Å²) in [7, 11) is 0. The summed E-state index contributed by atoms with van der Waals surface area (Å²) in [6.45, 7) is -0.258. The summed E-state index contributed by atoms with van der Waals surface area (Å²) in [4.78, 5) is 19.6. The molecule has 0 aliphatic heterocycles. The van der Waals surface area contributed by atoms with Gasteiger partial charge in [0, 0.05) is 10.5 Å². The molecule has 128 valence electrons. The first-order chi connectivity index (χ1) is 12.0. The van der Waals surface area contributed by atoms with E-state index in [9.17, 15) is 4.79 Å². The van der Waals surface area contributed by atoms with Gasteiger partial charge < -0.3 is 25.9 Å². The molecule has 0 amide bonds. The molecule has 0 spiro atoms. The molecular formula is C16H14BrN5O3. The third kappa shape index (κ3) is 4.27. The largest absolute Gasteiger partial charge is 0.425 e. The Morgan fingerprint density at radius 3 is 2.84 bits per heavy atom. The van der Waals surface area contributed by atoms with Crippen LogP contribution in [0.2, 0.25) is 0 Å². The number of ether oxygens (including phenoxy) is 1. The van der Waals surface area contributed by atoms with Crippen LogP contribution in [0.1, 0.15) is 0 Å². The van der Waals surface area contributed by atoms with Crippen LogP contribution in [0.3, 0.4) is 0 Å². The maximum Gasteiger partial charge on any atom is 0.333 e. The van der Waals surface area contributed by atoms with E-state index in [1.807, 2.05) is 24.3 Å². The molecule has 0 saturated carbocycles. The molecular weight excluding hydrogens is 390 g/mol. The second kappa shape index (κ2) is 7.22. The molecule has 0 radical (unpaired) electrons. The number of benzene rings is 2. The summed E-state index contributed by atoms with van der Waals surface area (Å²) in [6.07, 6.45) is 0. The summed E-state index contributed by atoms with van der Waals surface area (Å²) in [5, 5.41) is 3.08. The Morgan fingerprint density at radius 2 is 2.08 bits per heavy atom. The molecule has 5 N–H and O–H groups in total. The molecule has 0 aliphatic carbocycles. The number of nitrogens with one attached hydrogen (secondary N) is 1. The van der Waals surface area contributed by atoms with Crippen LogP contribution >= 0.6 is 15.9 Å². The lowest BCUT2D eigenvalue weighted by atomic mass is 10.3. The monoisotopic (exact) mass is 403 g/mol. The van der Waals surface area contributed by atoms with E-state index in [-0.39, 0.29) is 12.5 Å². The van der Waals surface area contributed by atoms with Crippen molar-refractivity contribution < 1.29 is 13.9 Å². The number of fused-ring (bicyclic) bond motifs is 1. The van der Waals surface area contributed by atoms with Crippen LogP contribution in [0.25, 0.3) is 11.1 Å². The second-order valence-corrected chi connectivity index (χ2v) is 5.82. The number of aliphatic imine (C=N–C) groups is 1. The highest BCUT2D eigenvalue weighted by atomic mass is 79.9. The fourth-order valence-electron chi connectivity index (χ4n) is 2.02. The number of hydrogen-bond donors (Lipinski definition) is 3. The van der Waals surface area contributed by atoms with Gasteiger partial charge in [-0.2, -0.15) is 4.98 Å². The molecule has 25 heavy (non-hydrogen) atoms. The molecule has 8 nitrogen and oxygen atoms in total. The highest BCUT2D eigenvalue weighted by Gasteiger charge is 2.10. The number of halogens is 1. The zero-order chi connectivity index (χ0) is 17.8. The third-order valence-electron chi connectivity index (χ3n) is 3.10. The predicted molar refractivity (Wildman–Crippen MR) is 97.7 cm³/mol. The maximum atomic E-state index is 11.6. The van der Waals surface area contributed by atoms with E-state index in [4.69, 9.17) is 20.6 Å². The van der Waals surface area contributed by atoms with Crippen molar-refractivity contribution in [1.29, 1.82) is 0 Å². The molecule has 1 aromatic heterocycles. The Balaban J connectivity index is 1.76. The molecule has 0 bridgehead atoms. The van der Waals surface area contributed by atoms with Gasteiger partial charge in [0.25, 0.3) is 6.01 Å². The number of carbonyl (C=O) groups excluding carboxylic acids is 1. The molecule has 0 aliphatic rings. The zero-order valence-corrected chi connectivity index (χ0v) is 14.5. The van der Waals surface area contributed by atoms with Gasteiger partial charge in [0.2, 0.25) is 0 Å². The van der Waals surface area contributed by atoms with E-state index in [0.717, 1.165) is 10.2 Å². The van der Waals surface area contributed by atoms with E-state index in [2.05, 4.69) is 31.2 Å². The number of rotatable bonds is 5. The van der Waals surface area contributed by atoms with Gasteiger partial charge in [-0.25, -0.2) is 9.79 Å². The fraction of sp³-hybridized carbons (Fsp3) is 0.0625. The SMILES string of the molecule is NC(N)=NCC(=O)Oc1ccc2nc(Nc3ccccc3Br)oc2c1. The molecule has 2 aromatic carbocycles. The minimum absolute atomic E-state index is 0.176. The van der Waals surface area contributed by atoms with Crippen molar-refractivity contribution in [3.63, 3.8) is 0 Å². The van der Waals surface area contributed by atoms with Crippen molar-refractivity contribution in [2.75, 3.05) is 11.9 Å². The van der Waals surface area contributed by atoms with E-state index in [1.165, 1.54) is 0 Å². The van der Waals surface area contributed by atoms with Crippen LogP contribution < -0.4 is 21.5 Å². The van der Waals surface area contributed by atoms with Crippen LogP contribution in [0.5, 0.6) is 5.75 Å². The Labute approximate surface area is 151 Å². The lowest BCUT2D eigenvalue weighted by molar-refractivity contribution is -0.132. The smallest absolute Gasteiger partial charge is 0.333 e. The Morgan fingerprint density at radius 1 is 1.28 bits per heavy atom. The van der Waals surface area contributed by atoms with Crippen molar-refractivity contribution in [3.05, 3.63) is 46.9 Å². The number of carbonyl (C=O) groups is 1. The van der Waals surface area contributed by atoms with Crippen LogP contribution in [-0.4, -0.2) is 23.5 Å². The van der Waals surface area contributed by atoms with Crippen molar-refractivity contribution >= 4 is 50.7 Å². The van der Waals surface area contributed by atoms with E-state index < -0.39 is 5.97 Å². The number of guanidine groups is 1. The second-order valence-electron chi connectivity index (χ2n) is 4.97. The van der Waals surface area contributed by atoms with Gasteiger partial charge in [-0.05, 0) is 40.2 Å². The molecule has 0 saturated heterocycles. The van der Waals surface area contributed by atoms with Gasteiger partial charge in [0.1, 0.15) is 17.8 Å². The van der Waals surface area contributed by atoms with Crippen molar-refractivity contribution in [3.8, 4) is 5.75 Å². The van der Waals surface area contributed by atoms with Crippen molar-refractivity contribution in [2.24, 2.45) is 16.5 Å². The average Bonchev–Trinajstić information content (AvgIpc) is 2.97. The van der Waals surface area contributed by atoms with Gasteiger partial charge in [-0.15, -0.1) is 0 Å². The molecule has 0 atom stereocenters. The number of nitrogens with two attached hydrogens (primary N) is 2. The van der Waals surface area contributed by atoms with Gasteiger partial charge in [0.15, 0.2) is 11.5 Å². The molecule has 0 fully saturated rings. The number of nitrogens with zero attached hydrogens (tertiary/aromatic N) is 2. The van der Waals surface area contributed by atoms with Crippen LogP contribution in [0.15, 0.2) is 56.3 Å². The minimum Gasteiger partial charge on any atom is -0.425 e. The summed E-state index contributed by atoms with van der Waals surface area (Å²) < 4.78 is 11.7. The average molecular weight is 404 g/mol. The first-order valence-electron chi connectivity index (χ1n) is 7.19. The van der Waals surface area contributed by atoms with Crippen molar-refractivity contribution in [1.82, 2.24) is 4.98 Å². The molecule has 3 aromatic rings. The van der Waals surface area contributed by atoms with Crippen LogP contribution in [-0.2, 0) is 4.79 Å². The first kappa shape index (κ1) is 16.8. The maximum absolute atomic E-state index is 11.6.